The third-order valence-corrected chi connectivity index (χ3v) is 14.3. The van der Waals surface area contributed by atoms with Crippen LogP contribution in [-0.4, -0.2) is 96.0 Å². The van der Waals surface area contributed by atoms with E-state index in [0.29, 0.717) is 12.8 Å². The lowest BCUT2D eigenvalue weighted by Crippen LogP contribution is -2.60. The summed E-state index contributed by atoms with van der Waals surface area (Å²) in [6.45, 7) is 3.69. The summed E-state index contributed by atoms with van der Waals surface area (Å²) in [6, 6.07) is 0. The van der Waals surface area contributed by atoms with Crippen molar-refractivity contribution in [2.24, 2.45) is 0 Å². The SMILES string of the molecule is CC/C=C\C/C=C\C/C=C\C/C=C\CCCCCCCCCCCCC(=O)OC(COC(=O)CCCCCCCCCCCCC/C=C\CCCCCCCCCC)COC1OC(CS(=O)(=O)O)C(O)C(O)C1O. The van der Waals surface area contributed by atoms with Gasteiger partial charge in [0.25, 0.3) is 10.1 Å². The van der Waals surface area contributed by atoms with Gasteiger partial charge in [0.15, 0.2) is 12.4 Å². The van der Waals surface area contributed by atoms with Gasteiger partial charge in [-0.05, 0) is 77.0 Å². The molecule has 1 rings (SSSR count). The fourth-order valence-corrected chi connectivity index (χ4v) is 9.71. The Balaban J connectivity index is 2.29. The third-order valence-electron chi connectivity index (χ3n) is 13.6. The van der Waals surface area contributed by atoms with Crippen LogP contribution < -0.4 is 0 Å². The van der Waals surface area contributed by atoms with Crippen LogP contribution in [0, 0.1) is 0 Å². The predicted molar refractivity (Wildman–Crippen MR) is 302 cm³/mol. The lowest BCUT2D eigenvalue weighted by atomic mass is 10.00. The molecule has 430 valence electrons. The van der Waals surface area contributed by atoms with Crippen molar-refractivity contribution in [2.75, 3.05) is 19.0 Å². The van der Waals surface area contributed by atoms with E-state index in [-0.39, 0.29) is 19.4 Å². The van der Waals surface area contributed by atoms with Gasteiger partial charge in [-0.1, -0.05) is 229 Å². The van der Waals surface area contributed by atoms with Crippen LogP contribution in [-0.2, 0) is 38.7 Å². The van der Waals surface area contributed by atoms with Crippen LogP contribution in [0.15, 0.2) is 60.8 Å². The molecule has 1 aliphatic rings. The molecule has 0 aromatic rings. The Bertz CT molecular complexity index is 1580. The number of esters is 2. The molecule has 0 bridgehead atoms. The maximum Gasteiger partial charge on any atom is 0.306 e. The van der Waals surface area contributed by atoms with E-state index in [0.717, 1.165) is 77.0 Å². The average Bonchev–Trinajstić information content (AvgIpc) is 3.37. The topological polar surface area (TPSA) is 186 Å². The summed E-state index contributed by atoms with van der Waals surface area (Å²) in [7, 11) is -4.61. The molecular weight excluding hydrogens is 957 g/mol. The smallest absolute Gasteiger partial charge is 0.306 e. The Morgan fingerprint density at radius 1 is 0.473 bits per heavy atom. The molecule has 6 unspecified atom stereocenters. The van der Waals surface area contributed by atoms with Crippen molar-refractivity contribution in [3.63, 3.8) is 0 Å². The number of hydrogen-bond donors (Lipinski definition) is 4. The highest BCUT2D eigenvalue weighted by Gasteiger charge is 2.46. The highest BCUT2D eigenvalue weighted by molar-refractivity contribution is 7.85. The minimum Gasteiger partial charge on any atom is -0.462 e. The third kappa shape index (κ3) is 43.5. The van der Waals surface area contributed by atoms with Crippen molar-refractivity contribution in [3.05, 3.63) is 60.8 Å². The van der Waals surface area contributed by atoms with Crippen LogP contribution in [0.25, 0.3) is 0 Å². The monoisotopic (exact) mass is 1060 g/mol. The van der Waals surface area contributed by atoms with Crippen LogP contribution in [0.2, 0.25) is 0 Å². The van der Waals surface area contributed by atoms with Crippen molar-refractivity contribution in [1.82, 2.24) is 0 Å². The minimum absolute atomic E-state index is 0.158. The van der Waals surface area contributed by atoms with Gasteiger partial charge in [-0.3, -0.25) is 14.1 Å². The van der Waals surface area contributed by atoms with E-state index in [1.807, 2.05) is 0 Å². The Labute approximate surface area is 451 Å². The Morgan fingerprint density at radius 2 is 0.851 bits per heavy atom. The normalized spacial score (nSPS) is 19.0. The van der Waals surface area contributed by atoms with E-state index < -0.39 is 71.2 Å². The summed E-state index contributed by atoms with van der Waals surface area (Å²) in [5.74, 6) is -1.98. The second kappa shape index (κ2) is 49.9. The summed E-state index contributed by atoms with van der Waals surface area (Å²) in [5.41, 5.74) is 0. The number of aliphatic hydroxyl groups is 3. The first kappa shape index (κ1) is 69.4. The Hall–Kier alpha value is -2.65. The molecule has 4 N–H and O–H groups in total. The molecule has 0 aliphatic carbocycles. The van der Waals surface area contributed by atoms with Gasteiger partial charge >= 0.3 is 11.9 Å². The van der Waals surface area contributed by atoms with Crippen molar-refractivity contribution < 1.29 is 56.8 Å². The minimum atomic E-state index is -4.61. The summed E-state index contributed by atoms with van der Waals surface area (Å²) < 4.78 is 54.5. The molecule has 13 heteroatoms. The predicted octanol–water partition coefficient (Wildman–Crippen LogP) is 14.8. The molecule has 0 saturated carbocycles. The fourth-order valence-electron chi connectivity index (χ4n) is 9.02. The summed E-state index contributed by atoms with van der Waals surface area (Å²) in [6.07, 6.45) is 55.4. The number of aliphatic hydroxyl groups excluding tert-OH is 3. The van der Waals surface area contributed by atoms with Crippen molar-refractivity contribution >= 4 is 22.1 Å². The fraction of sp³-hybridized carbons (Fsp3) is 0.803. The molecule has 0 radical (unpaired) electrons. The molecule has 6 atom stereocenters. The largest absolute Gasteiger partial charge is 0.462 e. The van der Waals surface area contributed by atoms with Crippen LogP contribution >= 0.6 is 0 Å². The van der Waals surface area contributed by atoms with Crippen LogP contribution in [0.1, 0.15) is 258 Å². The van der Waals surface area contributed by atoms with Gasteiger partial charge in [-0.25, -0.2) is 0 Å². The highest BCUT2D eigenvalue weighted by atomic mass is 32.2. The summed E-state index contributed by atoms with van der Waals surface area (Å²) in [4.78, 5) is 25.7. The molecular formula is C61H108O12S. The average molecular weight is 1070 g/mol. The number of rotatable bonds is 51. The second-order valence-corrected chi connectivity index (χ2v) is 22.1. The molecule has 1 heterocycles. The molecule has 12 nitrogen and oxygen atoms in total. The Morgan fingerprint density at radius 3 is 1.28 bits per heavy atom. The number of carbonyl (C=O) groups is 2. The molecule has 74 heavy (non-hydrogen) atoms. The summed E-state index contributed by atoms with van der Waals surface area (Å²) >= 11 is 0. The Kier molecular flexibility index (Phi) is 46.8. The first-order chi connectivity index (χ1) is 36.0. The molecule has 1 aliphatic heterocycles. The van der Waals surface area contributed by atoms with E-state index in [9.17, 15) is 37.9 Å². The van der Waals surface area contributed by atoms with Crippen molar-refractivity contribution in [1.29, 1.82) is 0 Å². The molecule has 0 spiro atoms. The van der Waals surface area contributed by atoms with Crippen LogP contribution in [0.5, 0.6) is 0 Å². The number of unbranched alkanes of at least 4 members (excludes halogenated alkanes) is 29. The van der Waals surface area contributed by atoms with Gasteiger partial charge in [-0.15, -0.1) is 0 Å². The van der Waals surface area contributed by atoms with Gasteiger partial charge in [0.2, 0.25) is 0 Å². The first-order valence-corrected chi connectivity index (χ1v) is 31.5. The summed E-state index contributed by atoms with van der Waals surface area (Å²) in [5, 5.41) is 31.1. The van der Waals surface area contributed by atoms with E-state index in [4.69, 9.17) is 18.9 Å². The number of carbonyl (C=O) groups excluding carboxylic acids is 2. The van der Waals surface area contributed by atoms with E-state index in [1.165, 1.54) is 141 Å². The van der Waals surface area contributed by atoms with Gasteiger partial charge in [0, 0.05) is 12.8 Å². The lowest BCUT2D eigenvalue weighted by molar-refractivity contribution is -0.297. The second-order valence-electron chi connectivity index (χ2n) is 20.6. The van der Waals surface area contributed by atoms with Crippen molar-refractivity contribution in [3.8, 4) is 0 Å². The van der Waals surface area contributed by atoms with E-state index in [1.54, 1.807) is 0 Å². The van der Waals surface area contributed by atoms with Crippen molar-refractivity contribution in [2.45, 2.75) is 295 Å². The number of allylic oxidation sites excluding steroid dienone is 10. The van der Waals surface area contributed by atoms with Gasteiger partial charge < -0.3 is 34.3 Å². The first-order valence-electron chi connectivity index (χ1n) is 29.8. The van der Waals surface area contributed by atoms with Gasteiger partial charge in [0.1, 0.15) is 36.8 Å². The zero-order chi connectivity index (χ0) is 54.0. The zero-order valence-corrected chi connectivity index (χ0v) is 47.5. The molecule has 0 aromatic carbocycles. The number of hydrogen-bond acceptors (Lipinski definition) is 11. The molecule has 0 aromatic heterocycles. The maximum absolute atomic E-state index is 12.9. The lowest BCUT2D eigenvalue weighted by Gasteiger charge is -2.40. The van der Waals surface area contributed by atoms with E-state index in [2.05, 4.69) is 74.6 Å². The standard InChI is InChI=1S/C61H108O12S/c1-3-5-7-9-11-13-15-17-19-21-23-25-27-29-31-33-35-37-39-41-43-45-47-49-56(62)70-51-54(52-71-61-60(66)59(65)58(64)55(73-61)53-74(67,68)69)72-57(63)50-48-46-44-42-40-38-36-34-32-30-28-26-24-22-20-18-16-14-12-10-8-6-4-2/h6,8,12,14,18,20-21,23-24,26,54-55,58-61,64-66H,3-5,7,9-11,13,15-17,19,22,25,27-53H2,1-2H3,(H,67,68,69)/b8-6-,14-12-,20-18-,23-21-,26-24-. The molecule has 1 fully saturated rings. The molecule has 1 saturated heterocycles. The highest BCUT2D eigenvalue weighted by Crippen LogP contribution is 2.24. The van der Waals surface area contributed by atoms with Crippen LogP contribution in [0.4, 0.5) is 0 Å². The van der Waals surface area contributed by atoms with Gasteiger partial charge in [-0.2, -0.15) is 8.42 Å². The zero-order valence-electron chi connectivity index (χ0n) is 46.7. The van der Waals surface area contributed by atoms with Crippen LogP contribution in [0.3, 0.4) is 0 Å². The number of ether oxygens (including phenoxy) is 4. The quantitative estimate of drug-likeness (QED) is 0.0196. The molecule has 0 amide bonds. The van der Waals surface area contributed by atoms with E-state index >= 15 is 0 Å². The maximum atomic E-state index is 12.9. The van der Waals surface area contributed by atoms with Gasteiger partial charge in [0.05, 0.1) is 6.61 Å².